The number of carbonyl (C=O) groups is 1. The standard InChI is InChI=1S/C9H13F4NO2/c10-7(11)9(12,13)8(15)14-3-4-16-5-6-1-2-6/h6-7H,1-5H2,(H,14,15). The molecule has 0 atom stereocenters. The van der Waals surface area contributed by atoms with Crippen LogP contribution >= 0.6 is 0 Å². The number of hydrogen-bond acceptors (Lipinski definition) is 2. The summed E-state index contributed by atoms with van der Waals surface area (Å²) in [7, 11) is 0. The molecule has 0 bridgehead atoms. The van der Waals surface area contributed by atoms with Crippen molar-refractivity contribution in [2.24, 2.45) is 5.92 Å². The third-order valence-electron chi connectivity index (χ3n) is 2.16. The second-order valence-corrected chi connectivity index (χ2v) is 3.70. The molecular weight excluding hydrogens is 230 g/mol. The third kappa shape index (κ3) is 3.96. The van der Waals surface area contributed by atoms with E-state index in [1.165, 1.54) is 0 Å². The van der Waals surface area contributed by atoms with Crippen molar-refractivity contribution in [3.8, 4) is 0 Å². The first-order valence-electron chi connectivity index (χ1n) is 4.96. The Morgan fingerprint density at radius 1 is 1.44 bits per heavy atom. The molecule has 1 N–H and O–H groups in total. The summed E-state index contributed by atoms with van der Waals surface area (Å²) in [6.45, 7) is 0.399. The largest absolute Gasteiger partial charge is 0.383 e. The van der Waals surface area contributed by atoms with Gasteiger partial charge in [-0.25, -0.2) is 8.78 Å². The van der Waals surface area contributed by atoms with E-state index in [9.17, 15) is 22.4 Å². The molecule has 16 heavy (non-hydrogen) atoms. The van der Waals surface area contributed by atoms with Gasteiger partial charge in [0.25, 0.3) is 5.91 Å². The minimum atomic E-state index is -4.63. The van der Waals surface area contributed by atoms with Crippen molar-refractivity contribution < 1.29 is 27.1 Å². The number of carbonyl (C=O) groups excluding carboxylic acids is 1. The number of amides is 1. The number of hydrogen-bond donors (Lipinski definition) is 1. The maximum atomic E-state index is 12.4. The number of rotatable bonds is 7. The van der Waals surface area contributed by atoms with Crippen molar-refractivity contribution in [3.63, 3.8) is 0 Å². The SMILES string of the molecule is O=C(NCCOCC1CC1)C(F)(F)C(F)F. The molecule has 0 saturated heterocycles. The Morgan fingerprint density at radius 2 is 2.06 bits per heavy atom. The summed E-state index contributed by atoms with van der Waals surface area (Å²) < 4.78 is 53.2. The molecule has 0 unspecified atom stereocenters. The van der Waals surface area contributed by atoms with Crippen molar-refractivity contribution in [2.75, 3.05) is 19.8 Å². The van der Waals surface area contributed by atoms with Crippen LogP contribution in [0.25, 0.3) is 0 Å². The van der Waals surface area contributed by atoms with Crippen molar-refractivity contribution >= 4 is 5.91 Å². The van der Waals surface area contributed by atoms with Crippen LogP contribution < -0.4 is 5.32 Å². The molecule has 0 aliphatic heterocycles. The Kier molecular flexibility index (Phi) is 4.52. The van der Waals surface area contributed by atoms with Crippen molar-refractivity contribution in [3.05, 3.63) is 0 Å². The summed E-state index contributed by atoms with van der Waals surface area (Å²) in [5.41, 5.74) is 0. The van der Waals surface area contributed by atoms with E-state index in [2.05, 4.69) is 0 Å². The molecule has 3 nitrogen and oxygen atoms in total. The number of nitrogens with one attached hydrogen (secondary N) is 1. The minimum absolute atomic E-state index is 0.0571. The fourth-order valence-corrected chi connectivity index (χ4v) is 0.988. The lowest BCUT2D eigenvalue weighted by molar-refractivity contribution is -0.169. The Labute approximate surface area is 90.1 Å². The van der Waals surface area contributed by atoms with Gasteiger partial charge >= 0.3 is 12.3 Å². The predicted molar refractivity (Wildman–Crippen MR) is 47.5 cm³/mol. The topological polar surface area (TPSA) is 38.3 Å². The molecule has 1 aliphatic carbocycles. The quantitative estimate of drug-likeness (QED) is 0.542. The molecule has 0 heterocycles. The summed E-state index contributed by atoms with van der Waals surface area (Å²) in [5, 5.41) is 1.70. The monoisotopic (exact) mass is 243 g/mol. The molecule has 0 radical (unpaired) electrons. The molecular formula is C9H13F4NO2. The van der Waals surface area contributed by atoms with Gasteiger partial charge in [0.1, 0.15) is 0 Å². The van der Waals surface area contributed by atoms with Gasteiger partial charge in [0.2, 0.25) is 0 Å². The average Bonchev–Trinajstić information content (AvgIpc) is 3.00. The Bertz CT molecular complexity index is 244. The zero-order valence-corrected chi connectivity index (χ0v) is 8.52. The highest BCUT2D eigenvalue weighted by molar-refractivity contribution is 5.83. The molecule has 1 saturated carbocycles. The van der Waals surface area contributed by atoms with Gasteiger partial charge in [-0.05, 0) is 18.8 Å². The lowest BCUT2D eigenvalue weighted by Gasteiger charge is -2.14. The molecule has 0 spiro atoms. The summed E-state index contributed by atoms with van der Waals surface area (Å²) >= 11 is 0. The normalized spacial score (nSPS) is 16.6. The lowest BCUT2D eigenvalue weighted by atomic mass is 10.3. The van der Waals surface area contributed by atoms with Crippen LogP contribution in [-0.4, -0.2) is 38.0 Å². The van der Waals surface area contributed by atoms with Gasteiger partial charge in [0.15, 0.2) is 0 Å². The van der Waals surface area contributed by atoms with Crippen LogP contribution in [0.1, 0.15) is 12.8 Å². The van der Waals surface area contributed by atoms with Crippen LogP contribution in [0.3, 0.4) is 0 Å². The van der Waals surface area contributed by atoms with Crippen LogP contribution in [-0.2, 0) is 9.53 Å². The molecule has 1 aliphatic rings. The summed E-state index contributed by atoms with van der Waals surface area (Å²) in [4.78, 5) is 10.6. The fourth-order valence-electron chi connectivity index (χ4n) is 0.988. The van der Waals surface area contributed by atoms with E-state index >= 15 is 0 Å². The van der Waals surface area contributed by atoms with Crippen molar-refractivity contribution in [1.82, 2.24) is 5.32 Å². The van der Waals surface area contributed by atoms with Gasteiger partial charge in [-0.1, -0.05) is 0 Å². The summed E-state index contributed by atoms with van der Waals surface area (Å²) in [5.74, 6) is -6.06. The molecule has 7 heteroatoms. The highest BCUT2D eigenvalue weighted by atomic mass is 19.3. The van der Waals surface area contributed by atoms with Crippen molar-refractivity contribution in [2.45, 2.75) is 25.2 Å². The van der Waals surface area contributed by atoms with Crippen LogP contribution in [0.15, 0.2) is 0 Å². The van der Waals surface area contributed by atoms with E-state index in [0.29, 0.717) is 12.5 Å². The molecule has 0 aromatic rings. The second kappa shape index (κ2) is 5.47. The number of halogens is 4. The first kappa shape index (κ1) is 13.2. The van der Waals surface area contributed by atoms with E-state index in [0.717, 1.165) is 12.8 Å². The van der Waals surface area contributed by atoms with E-state index in [4.69, 9.17) is 4.74 Å². The van der Waals surface area contributed by atoms with Crippen LogP contribution in [0.2, 0.25) is 0 Å². The molecule has 0 aromatic heterocycles. The first-order valence-corrected chi connectivity index (χ1v) is 4.96. The number of alkyl halides is 4. The summed E-state index contributed by atoms with van der Waals surface area (Å²) in [6.07, 6.45) is -1.80. The predicted octanol–water partition coefficient (Wildman–Crippen LogP) is 1.43. The maximum absolute atomic E-state index is 12.4. The van der Waals surface area contributed by atoms with E-state index in [1.54, 1.807) is 5.32 Å². The van der Waals surface area contributed by atoms with E-state index in [1.807, 2.05) is 0 Å². The molecule has 0 aromatic carbocycles. The van der Waals surface area contributed by atoms with Gasteiger partial charge in [-0.2, -0.15) is 8.78 Å². The minimum Gasteiger partial charge on any atom is -0.379 e. The fraction of sp³-hybridized carbons (Fsp3) is 0.889. The molecule has 1 rings (SSSR count). The summed E-state index contributed by atoms with van der Waals surface area (Å²) in [6, 6.07) is 0. The van der Waals surface area contributed by atoms with Gasteiger partial charge < -0.3 is 10.1 Å². The zero-order valence-electron chi connectivity index (χ0n) is 8.52. The zero-order chi connectivity index (χ0) is 12.2. The van der Waals surface area contributed by atoms with Gasteiger partial charge in [0.05, 0.1) is 6.61 Å². The Hall–Kier alpha value is -0.850. The second-order valence-electron chi connectivity index (χ2n) is 3.70. The lowest BCUT2D eigenvalue weighted by Crippen LogP contribution is -2.46. The highest BCUT2D eigenvalue weighted by Crippen LogP contribution is 2.28. The van der Waals surface area contributed by atoms with E-state index in [-0.39, 0.29) is 13.2 Å². The smallest absolute Gasteiger partial charge is 0.379 e. The number of ether oxygens (including phenoxy) is 1. The third-order valence-corrected chi connectivity index (χ3v) is 2.16. The van der Waals surface area contributed by atoms with Crippen LogP contribution in [0.4, 0.5) is 17.6 Å². The van der Waals surface area contributed by atoms with Gasteiger partial charge in [-0.3, -0.25) is 4.79 Å². The average molecular weight is 243 g/mol. The molecule has 94 valence electrons. The van der Waals surface area contributed by atoms with Crippen LogP contribution in [0.5, 0.6) is 0 Å². The Morgan fingerprint density at radius 3 is 2.56 bits per heavy atom. The van der Waals surface area contributed by atoms with Gasteiger partial charge in [-0.15, -0.1) is 0 Å². The maximum Gasteiger partial charge on any atom is 0.383 e. The Balaban J connectivity index is 2.08. The van der Waals surface area contributed by atoms with Crippen molar-refractivity contribution in [1.29, 1.82) is 0 Å². The van der Waals surface area contributed by atoms with Gasteiger partial charge in [0, 0.05) is 13.2 Å². The molecule has 1 fully saturated rings. The first-order chi connectivity index (χ1) is 7.44. The highest BCUT2D eigenvalue weighted by Gasteiger charge is 2.48. The molecule has 1 amide bonds. The van der Waals surface area contributed by atoms with Crippen LogP contribution in [0, 0.1) is 5.92 Å². The van der Waals surface area contributed by atoms with E-state index < -0.39 is 18.3 Å².